The summed E-state index contributed by atoms with van der Waals surface area (Å²) in [6.07, 6.45) is 5.12. The molecular weight excluding hydrogens is 244 g/mol. The van der Waals surface area contributed by atoms with E-state index in [4.69, 9.17) is 13.3 Å². The molecule has 0 bridgehead atoms. The van der Waals surface area contributed by atoms with E-state index in [1.54, 1.807) is 7.11 Å². The maximum atomic E-state index is 5.90. The molecule has 0 saturated carbocycles. The van der Waals surface area contributed by atoms with Gasteiger partial charge in [0.05, 0.1) is 13.2 Å². The molecule has 0 radical (unpaired) electrons. The molecule has 0 unspecified atom stereocenters. The van der Waals surface area contributed by atoms with E-state index < -0.39 is 8.80 Å². The molecule has 3 nitrogen and oxygen atoms in total. The Morgan fingerprint density at radius 2 is 1.39 bits per heavy atom. The molecule has 0 aromatic rings. The number of rotatable bonds is 9. The van der Waals surface area contributed by atoms with Gasteiger partial charge < -0.3 is 13.3 Å². The summed E-state index contributed by atoms with van der Waals surface area (Å²) in [4.78, 5) is 0. The molecule has 0 spiro atoms. The van der Waals surface area contributed by atoms with Gasteiger partial charge in [-0.05, 0) is 27.7 Å². The van der Waals surface area contributed by atoms with Crippen molar-refractivity contribution in [3.8, 4) is 0 Å². The Bertz CT molecular complexity index is 255. The SMILES string of the molecule is CCC[Si](OC)(OCC=C(C)C)OCC=C(C)C. The average molecular weight is 272 g/mol. The summed E-state index contributed by atoms with van der Waals surface area (Å²) in [6, 6.07) is 0.858. The molecule has 18 heavy (non-hydrogen) atoms. The van der Waals surface area contributed by atoms with Crippen molar-refractivity contribution in [3.05, 3.63) is 23.3 Å². The molecule has 4 heteroatoms. The van der Waals surface area contributed by atoms with Crippen molar-refractivity contribution < 1.29 is 13.3 Å². The minimum Gasteiger partial charge on any atom is -0.377 e. The van der Waals surface area contributed by atoms with Crippen molar-refractivity contribution in [1.82, 2.24) is 0 Å². The van der Waals surface area contributed by atoms with Crippen LogP contribution in [0, 0.1) is 0 Å². The molecular formula is C14H28O3Si. The maximum Gasteiger partial charge on any atom is 0.501 e. The van der Waals surface area contributed by atoms with E-state index in [1.807, 2.05) is 0 Å². The second-order valence-electron chi connectivity index (χ2n) is 4.82. The van der Waals surface area contributed by atoms with Gasteiger partial charge in [-0.15, -0.1) is 0 Å². The molecule has 0 aromatic heterocycles. The van der Waals surface area contributed by atoms with E-state index in [9.17, 15) is 0 Å². The molecule has 0 aliphatic rings. The van der Waals surface area contributed by atoms with Crippen molar-refractivity contribution in [2.24, 2.45) is 0 Å². The van der Waals surface area contributed by atoms with Crippen LogP contribution in [0.1, 0.15) is 41.0 Å². The van der Waals surface area contributed by atoms with Gasteiger partial charge >= 0.3 is 8.80 Å². The van der Waals surface area contributed by atoms with Gasteiger partial charge in [0.2, 0.25) is 0 Å². The topological polar surface area (TPSA) is 27.7 Å². The molecule has 0 rings (SSSR count). The van der Waals surface area contributed by atoms with Crippen LogP contribution in [-0.4, -0.2) is 29.1 Å². The minimum atomic E-state index is -2.49. The van der Waals surface area contributed by atoms with E-state index in [-0.39, 0.29) is 0 Å². The zero-order valence-electron chi connectivity index (χ0n) is 12.7. The molecule has 0 N–H and O–H groups in total. The highest BCUT2D eigenvalue weighted by atomic mass is 28.4. The van der Waals surface area contributed by atoms with Gasteiger partial charge in [0.1, 0.15) is 0 Å². The second-order valence-corrected chi connectivity index (χ2v) is 7.67. The summed E-state index contributed by atoms with van der Waals surface area (Å²) >= 11 is 0. The lowest BCUT2D eigenvalue weighted by Crippen LogP contribution is -2.45. The maximum absolute atomic E-state index is 5.90. The molecule has 0 saturated heterocycles. The fraction of sp³-hybridized carbons (Fsp3) is 0.714. The Morgan fingerprint density at radius 3 is 1.67 bits per heavy atom. The summed E-state index contributed by atoms with van der Waals surface area (Å²) in [5.41, 5.74) is 2.49. The largest absolute Gasteiger partial charge is 0.501 e. The number of allylic oxidation sites excluding steroid dienone is 2. The minimum absolute atomic E-state index is 0.567. The third-order valence-corrected chi connectivity index (χ3v) is 5.40. The van der Waals surface area contributed by atoms with Crippen molar-refractivity contribution >= 4 is 8.80 Å². The van der Waals surface area contributed by atoms with Gasteiger partial charge in [-0.25, -0.2) is 0 Å². The Labute approximate surface area is 113 Å². The van der Waals surface area contributed by atoms with E-state index in [1.165, 1.54) is 11.1 Å². The Hall–Kier alpha value is -0.423. The monoisotopic (exact) mass is 272 g/mol. The first-order valence-electron chi connectivity index (χ1n) is 6.55. The van der Waals surface area contributed by atoms with Gasteiger partial charge in [-0.2, -0.15) is 0 Å². The zero-order chi connectivity index (χ0) is 14.0. The van der Waals surface area contributed by atoms with Crippen LogP contribution in [-0.2, 0) is 13.3 Å². The van der Waals surface area contributed by atoms with Crippen molar-refractivity contribution in [3.63, 3.8) is 0 Å². The van der Waals surface area contributed by atoms with Gasteiger partial charge in [0.15, 0.2) is 0 Å². The Balaban J connectivity index is 4.49. The van der Waals surface area contributed by atoms with Crippen molar-refractivity contribution in [1.29, 1.82) is 0 Å². The molecule has 0 amide bonds. The van der Waals surface area contributed by atoms with Crippen LogP contribution in [0.4, 0.5) is 0 Å². The van der Waals surface area contributed by atoms with Gasteiger partial charge in [0, 0.05) is 13.2 Å². The molecule has 0 heterocycles. The van der Waals surface area contributed by atoms with E-state index >= 15 is 0 Å². The first-order chi connectivity index (χ1) is 8.45. The lowest BCUT2D eigenvalue weighted by molar-refractivity contribution is 0.0969. The zero-order valence-corrected chi connectivity index (χ0v) is 13.7. The highest BCUT2D eigenvalue weighted by molar-refractivity contribution is 6.60. The lowest BCUT2D eigenvalue weighted by atomic mass is 10.3. The van der Waals surface area contributed by atoms with Crippen molar-refractivity contribution in [2.45, 2.75) is 47.1 Å². The highest BCUT2D eigenvalue weighted by Gasteiger charge is 2.38. The average Bonchev–Trinajstić information content (AvgIpc) is 2.28. The predicted molar refractivity (Wildman–Crippen MR) is 78.6 cm³/mol. The van der Waals surface area contributed by atoms with Crippen LogP contribution in [0.5, 0.6) is 0 Å². The molecule has 0 atom stereocenters. The molecule has 106 valence electrons. The summed E-state index contributed by atoms with van der Waals surface area (Å²) in [5.74, 6) is 0. The fourth-order valence-corrected chi connectivity index (χ4v) is 3.48. The Morgan fingerprint density at radius 1 is 0.944 bits per heavy atom. The summed E-state index contributed by atoms with van der Waals surface area (Å²) in [7, 11) is -0.805. The van der Waals surface area contributed by atoms with E-state index in [0.29, 0.717) is 13.2 Å². The quantitative estimate of drug-likeness (QED) is 0.470. The van der Waals surface area contributed by atoms with Gasteiger partial charge in [-0.1, -0.05) is 36.6 Å². The number of hydrogen-bond donors (Lipinski definition) is 0. The van der Waals surface area contributed by atoms with Crippen LogP contribution in [0.2, 0.25) is 6.04 Å². The number of hydrogen-bond acceptors (Lipinski definition) is 3. The van der Waals surface area contributed by atoms with Gasteiger partial charge in [0.25, 0.3) is 0 Å². The summed E-state index contributed by atoms with van der Waals surface area (Å²) in [6.45, 7) is 11.5. The summed E-state index contributed by atoms with van der Waals surface area (Å²) < 4.78 is 17.4. The smallest absolute Gasteiger partial charge is 0.377 e. The van der Waals surface area contributed by atoms with Crippen LogP contribution in [0.25, 0.3) is 0 Å². The normalized spacial score (nSPS) is 11.2. The molecule has 0 fully saturated rings. The van der Waals surface area contributed by atoms with Crippen LogP contribution < -0.4 is 0 Å². The lowest BCUT2D eigenvalue weighted by Gasteiger charge is -2.27. The third-order valence-electron chi connectivity index (χ3n) is 2.46. The van der Waals surface area contributed by atoms with Crippen LogP contribution >= 0.6 is 0 Å². The van der Waals surface area contributed by atoms with Crippen LogP contribution in [0.3, 0.4) is 0 Å². The van der Waals surface area contributed by atoms with E-state index in [0.717, 1.165) is 12.5 Å². The van der Waals surface area contributed by atoms with Crippen LogP contribution in [0.15, 0.2) is 23.3 Å². The third kappa shape index (κ3) is 7.82. The van der Waals surface area contributed by atoms with Crippen molar-refractivity contribution in [2.75, 3.05) is 20.3 Å². The summed E-state index contributed by atoms with van der Waals surface area (Å²) in [5, 5.41) is 0. The van der Waals surface area contributed by atoms with Gasteiger partial charge in [-0.3, -0.25) is 0 Å². The fourth-order valence-electron chi connectivity index (χ4n) is 1.38. The first-order valence-corrected chi connectivity index (χ1v) is 8.48. The predicted octanol–water partition coefficient (Wildman–Crippen LogP) is 3.95. The Kier molecular flexibility index (Phi) is 9.28. The molecule has 0 aliphatic carbocycles. The van der Waals surface area contributed by atoms with E-state index in [2.05, 4.69) is 46.8 Å². The second kappa shape index (κ2) is 9.50. The molecule has 0 aliphatic heterocycles. The highest BCUT2D eigenvalue weighted by Crippen LogP contribution is 2.17. The first kappa shape index (κ1) is 17.6. The molecule has 0 aromatic carbocycles. The standard InChI is InChI=1S/C14H28O3Si/c1-7-12-18(15-6,16-10-8-13(2)3)17-11-9-14(4)5/h8-9H,7,10-12H2,1-6H3.